The molecule has 0 aromatic rings. The minimum absolute atomic E-state index is 0.216. The molecule has 0 amide bonds. The van der Waals surface area contributed by atoms with E-state index < -0.39 is 14.2 Å². The highest BCUT2D eigenvalue weighted by molar-refractivity contribution is 6.83. The Morgan fingerprint density at radius 3 is 2.04 bits per heavy atom. The first-order valence-corrected chi connectivity index (χ1v) is 13.2. The first kappa shape index (κ1) is 21.2. The van der Waals surface area contributed by atoms with E-state index in [1.54, 1.807) is 6.92 Å². The van der Waals surface area contributed by atoms with Gasteiger partial charge in [-0.15, -0.1) is 11.5 Å². The molecule has 1 fully saturated rings. The van der Waals surface area contributed by atoms with E-state index in [-0.39, 0.29) is 18.0 Å². The summed E-state index contributed by atoms with van der Waals surface area (Å²) in [6.45, 7) is 8.63. The fraction of sp³-hybridized carbons (Fsp3) is 0.850. The quantitative estimate of drug-likeness (QED) is 0.268. The van der Waals surface area contributed by atoms with Crippen LogP contribution in [0.1, 0.15) is 71.1 Å². The van der Waals surface area contributed by atoms with Gasteiger partial charge in [-0.2, -0.15) is 0 Å². The number of unbranched alkanes of at least 4 members (excludes halogenated alkanes) is 8. The highest BCUT2D eigenvalue weighted by atomic mass is 28.3. The number of carbonyl (C=O) groups excluding carboxylic acids is 1. The maximum atomic E-state index is 11.6. The van der Waals surface area contributed by atoms with E-state index in [9.17, 15) is 9.90 Å². The third-order valence-electron chi connectivity index (χ3n) is 4.53. The summed E-state index contributed by atoms with van der Waals surface area (Å²) in [6, 6.07) is 0. The largest absolute Gasteiger partial charge is 0.460 e. The molecule has 3 nitrogen and oxygen atoms in total. The maximum Gasteiger partial charge on any atom is 0.312 e. The first-order valence-electron chi connectivity index (χ1n) is 9.70. The molecule has 0 bridgehead atoms. The number of esters is 1. The molecule has 4 heteroatoms. The van der Waals surface area contributed by atoms with Crippen molar-refractivity contribution in [3.63, 3.8) is 0 Å². The lowest BCUT2D eigenvalue weighted by Gasteiger charge is -2.11. The lowest BCUT2D eigenvalue weighted by Crippen LogP contribution is -2.24. The van der Waals surface area contributed by atoms with Crippen LogP contribution in [-0.2, 0) is 9.53 Å². The third-order valence-corrected chi connectivity index (χ3v) is 5.46. The van der Waals surface area contributed by atoms with E-state index >= 15 is 0 Å². The fourth-order valence-electron chi connectivity index (χ4n) is 3.06. The Kier molecular flexibility index (Phi) is 9.69. The Bertz CT molecular complexity index is 430. The summed E-state index contributed by atoms with van der Waals surface area (Å²) in [4.78, 5) is 11.6. The molecule has 138 valence electrons. The molecule has 3 atom stereocenters. The molecule has 1 saturated heterocycles. The molecule has 1 N–H and O–H groups in total. The molecule has 0 aromatic heterocycles. The first-order chi connectivity index (χ1) is 11.3. The zero-order valence-electron chi connectivity index (χ0n) is 16.1. The van der Waals surface area contributed by atoms with Crippen LogP contribution in [0.25, 0.3) is 0 Å². The summed E-state index contributed by atoms with van der Waals surface area (Å²) in [6.07, 6.45) is 10.7. The SMILES string of the molecule is C[C@@H]1OC(=O)C(CCCCCCCCCCC#C[Si](C)(C)C)[C@@H]1O. The average Bonchev–Trinajstić information content (AvgIpc) is 2.73. The summed E-state index contributed by atoms with van der Waals surface area (Å²) in [5, 5.41) is 9.88. The second kappa shape index (κ2) is 10.9. The Balaban J connectivity index is 1.91. The summed E-state index contributed by atoms with van der Waals surface area (Å²) in [5.41, 5.74) is 3.42. The Morgan fingerprint density at radius 2 is 1.54 bits per heavy atom. The summed E-state index contributed by atoms with van der Waals surface area (Å²) in [5.74, 6) is 2.82. The summed E-state index contributed by atoms with van der Waals surface area (Å²) < 4.78 is 5.06. The van der Waals surface area contributed by atoms with Crippen molar-refractivity contribution >= 4 is 14.0 Å². The van der Waals surface area contributed by atoms with Crippen LogP contribution < -0.4 is 0 Å². The zero-order valence-corrected chi connectivity index (χ0v) is 17.1. The van der Waals surface area contributed by atoms with Crippen molar-refractivity contribution in [2.75, 3.05) is 0 Å². The van der Waals surface area contributed by atoms with E-state index in [4.69, 9.17) is 4.74 Å². The number of ether oxygens (including phenoxy) is 1. The molecular weight excluding hydrogens is 316 g/mol. The highest BCUT2D eigenvalue weighted by Gasteiger charge is 2.40. The third kappa shape index (κ3) is 8.89. The number of carbonyl (C=O) groups is 1. The van der Waals surface area contributed by atoms with Crippen molar-refractivity contribution in [1.29, 1.82) is 0 Å². The van der Waals surface area contributed by atoms with Gasteiger partial charge in [0.25, 0.3) is 0 Å². The smallest absolute Gasteiger partial charge is 0.312 e. The van der Waals surface area contributed by atoms with E-state index in [0.29, 0.717) is 0 Å². The van der Waals surface area contributed by atoms with E-state index in [0.717, 1.165) is 25.7 Å². The van der Waals surface area contributed by atoms with Gasteiger partial charge in [-0.3, -0.25) is 4.79 Å². The highest BCUT2D eigenvalue weighted by Crippen LogP contribution is 2.26. The maximum absolute atomic E-state index is 11.6. The van der Waals surface area contributed by atoms with Crippen LogP contribution in [0.3, 0.4) is 0 Å². The molecule has 1 aliphatic heterocycles. The van der Waals surface area contributed by atoms with Gasteiger partial charge in [0.2, 0.25) is 0 Å². The summed E-state index contributed by atoms with van der Waals surface area (Å²) in [7, 11) is -1.18. The second-order valence-corrected chi connectivity index (χ2v) is 12.9. The van der Waals surface area contributed by atoms with Crippen LogP contribution in [-0.4, -0.2) is 31.4 Å². The Labute approximate surface area is 149 Å². The topological polar surface area (TPSA) is 46.5 Å². The lowest BCUT2D eigenvalue weighted by molar-refractivity contribution is -0.143. The van der Waals surface area contributed by atoms with E-state index in [1.807, 2.05) is 0 Å². The predicted molar refractivity (Wildman–Crippen MR) is 102 cm³/mol. The predicted octanol–water partition coefficient (Wildman–Crippen LogP) is 4.69. The molecule has 0 saturated carbocycles. The second-order valence-electron chi connectivity index (χ2n) is 8.16. The minimum Gasteiger partial charge on any atom is -0.460 e. The van der Waals surface area contributed by atoms with Gasteiger partial charge >= 0.3 is 5.97 Å². The van der Waals surface area contributed by atoms with Crippen LogP contribution in [0.15, 0.2) is 0 Å². The van der Waals surface area contributed by atoms with Crippen molar-refractivity contribution in [2.24, 2.45) is 5.92 Å². The van der Waals surface area contributed by atoms with Crippen molar-refractivity contribution in [3.8, 4) is 11.5 Å². The molecule has 0 radical (unpaired) electrons. The van der Waals surface area contributed by atoms with Crippen LogP contribution in [0, 0.1) is 17.4 Å². The Hall–Kier alpha value is -0.793. The molecule has 1 aliphatic rings. The molecule has 1 unspecified atom stereocenters. The number of rotatable bonds is 10. The Morgan fingerprint density at radius 1 is 1.00 bits per heavy atom. The molecule has 24 heavy (non-hydrogen) atoms. The summed E-state index contributed by atoms with van der Waals surface area (Å²) >= 11 is 0. The average molecular weight is 353 g/mol. The molecule has 0 aliphatic carbocycles. The molecule has 0 spiro atoms. The molecule has 1 rings (SSSR count). The van der Waals surface area contributed by atoms with Gasteiger partial charge in [-0.05, 0) is 19.8 Å². The van der Waals surface area contributed by atoms with Gasteiger partial charge in [-0.25, -0.2) is 0 Å². The number of cyclic esters (lactones) is 1. The number of hydrogen-bond acceptors (Lipinski definition) is 3. The van der Waals surface area contributed by atoms with Gasteiger partial charge in [-0.1, -0.05) is 64.6 Å². The van der Waals surface area contributed by atoms with Gasteiger partial charge in [0.05, 0.1) is 5.92 Å². The minimum atomic E-state index is -1.18. The van der Waals surface area contributed by atoms with Gasteiger partial charge in [0.15, 0.2) is 0 Å². The molecule has 0 aromatic carbocycles. The molecule has 1 heterocycles. The van der Waals surface area contributed by atoms with E-state index in [2.05, 4.69) is 31.1 Å². The van der Waals surface area contributed by atoms with Crippen LogP contribution in [0.5, 0.6) is 0 Å². The van der Waals surface area contributed by atoms with Crippen molar-refractivity contribution < 1.29 is 14.6 Å². The normalized spacial score (nSPS) is 23.7. The zero-order chi connectivity index (χ0) is 18.0. The van der Waals surface area contributed by atoms with Crippen molar-refractivity contribution in [2.45, 2.75) is 103 Å². The van der Waals surface area contributed by atoms with E-state index in [1.165, 1.54) is 38.5 Å². The number of aliphatic hydroxyl groups excluding tert-OH is 1. The van der Waals surface area contributed by atoms with Gasteiger partial charge < -0.3 is 9.84 Å². The number of aliphatic hydroxyl groups is 1. The monoisotopic (exact) mass is 352 g/mol. The van der Waals surface area contributed by atoms with Gasteiger partial charge in [0.1, 0.15) is 20.3 Å². The fourth-order valence-corrected chi connectivity index (χ4v) is 3.72. The van der Waals surface area contributed by atoms with Crippen LogP contribution in [0.4, 0.5) is 0 Å². The lowest BCUT2D eigenvalue weighted by atomic mass is 9.95. The van der Waals surface area contributed by atoms with Crippen molar-refractivity contribution in [3.05, 3.63) is 0 Å². The molecular formula is C20H36O3Si. The number of hydrogen-bond donors (Lipinski definition) is 1. The standard InChI is InChI=1S/C20H36O3Si/c1-17-19(21)18(20(22)23-17)15-13-11-9-7-5-6-8-10-12-14-16-24(2,3)4/h17-19,21H,5-13,15H2,1-4H3/t17-,18?,19+/m0/s1. The van der Waals surface area contributed by atoms with Gasteiger partial charge in [0, 0.05) is 6.42 Å². The van der Waals surface area contributed by atoms with Crippen molar-refractivity contribution in [1.82, 2.24) is 0 Å². The van der Waals surface area contributed by atoms with Crippen LogP contribution in [0.2, 0.25) is 19.6 Å². The van der Waals surface area contributed by atoms with Crippen LogP contribution >= 0.6 is 0 Å².